The zero-order valence-corrected chi connectivity index (χ0v) is 18.7. The van der Waals surface area contributed by atoms with Crippen molar-refractivity contribution < 1.29 is 30.8 Å². The van der Waals surface area contributed by atoms with Gasteiger partial charge in [0.15, 0.2) is 0 Å². The Hall–Kier alpha value is -2.21. The van der Waals surface area contributed by atoms with Gasteiger partial charge in [0.2, 0.25) is 10.0 Å². The third kappa shape index (κ3) is 5.01. The molecule has 2 aromatic rings. The summed E-state index contributed by atoms with van der Waals surface area (Å²) < 4.78 is 79.1. The molecule has 0 saturated carbocycles. The molecule has 2 heterocycles. The van der Waals surface area contributed by atoms with Crippen LogP contribution in [0.4, 0.5) is 17.6 Å². The number of sulfonamides is 1. The predicted octanol–water partition coefficient (Wildman–Crippen LogP) is 3.38. The third-order valence-corrected chi connectivity index (χ3v) is 8.25. The Morgan fingerprint density at radius 1 is 1.06 bits per heavy atom. The quantitative estimate of drug-likeness (QED) is 0.647. The highest BCUT2D eigenvalue weighted by Gasteiger charge is 2.41. The van der Waals surface area contributed by atoms with Crippen molar-refractivity contribution in [3.63, 3.8) is 0 Å². The van der Waals surface area contributed by atoms with Gasteiger partial charge in [0.05, 0.1) is 10.6 Å². The van der Waals surface area contributed by atoms with E-state index in [2.05, 4.69) is 10.2 Å². The van der Waals surface area contributed by atoms with Crippen molar-refractivity contribution in [2.24, 2.45) is 0 Å². The van der Waals surface area contributed by atoms with E-state index < -0.39 is 32.6 Å². The number of nitrogens with zero attached hydrogens (tertiary/aromatic N) is 2. The highest BCUT2D eigenvalue weighted by molar-refractivity contribution is 7.89. The van der Waals surface area contributed by atoms with Crippen molar-refractivity contribution in [2.45, 2.75) is 29.6 Å². The lowest BCUT2D eigenvalue weighted by Crippen LogP contribution is -2.52. The number of rotatable bonds is 4. The Kier molecular flexibility index (Phi) is 6.43. The molecular formula is C21H20ClF4N3O3S. The van der Waals surface area contributed by atoms with Gasteiger partial charge in [0.1, 0.15) is 10.7 Å². The number of hydrogen-bond acceptors (Lipinski definition) is 4. The summed E-state index contributed by atoms with van der Waals surface area (Å²) in [5.74, 6) is -0.792. The topological polar surface area (TPSA) is 69.7 Å². The number of carbonyl (C=O) groups is 1. The monoisotopic (exact) mass is 505 g/mol. The van der Waals surface area contributed by atoms with Crippen LogP contribution in [-0.2, 0) is 16.2 Å². The predicted molar refractivity (Wildman–Crippen MR) is 113 cm³/mol. The lowest BCUT2D eigenvalue weighted by atomic mass is 10.1. The minimum atomic E-state index is -4.63. The van der Waals surface area contributed by atoms with E-state index in [1.807, 2.05) is 0 Å². The summed E-state index contributed by atoms with van der Waals surface area (Å²) in [5.41, 5.74) is -0.700. The molecular weight excluding hydrogens is 486 g/mol. The summed E-state index contributed by atoms with van der Waals surface area (Å²) in [6.45, 7) is 1.22. The second kappa shape index (κ2) is 8.86. The lowest BCUT2D eigenvalue weighted by Gasteiger charge is -2.36. The molecule has 178 valence electrons. The largest absolute Gasteiger partial charge is 0.416 e. The van der Waals surface area contributed by atoms with Crippen LogP contribution in [0.25, 0.3) is 0 Å². The number of fused-ring (bicyclic) bond motifs is 1. The van der Waals surface area contributed by atoms with Gasteiger partial charge >= 0.3 is 6.18 Å². The second-order valence-electron chi connectivity index (χ2n) is 8.07. The number of piperazine rings is 1. The van der Waals surface area contributed by atoms with Gasteiger partial charge in [-0.15, -0.1) is 0 Å². The van der Waals surface area contributed by atoms with Gasteiger partial charge in [-0.3, -0.25) is 9.69 Å². The molecule has 2 atom stereocenters. The fourth-order valence-corrected chi connectivity index (χ4v) is 6.22. The Balaban J connectivity index is 1.43. The number of alkyl halides is 3. The molecule has 12 heteroatoms. The van der Waals surface area contributed by atoms with Crippen LogP contribution >= 0.6 is 11.6 Å². The first-order valence-electron chi connectivity index (χ1n) is 10.1. The summed E-state index contributed by atoms with van der Waals surface area (Å²) in [5, 5.41) is 2.40. The summed E-state index contributed by atoms with van der Waals surface area (Å²) in [6.07, 6.45) is -4.13. The third-order valence-electron chi connectivity index (χ3n) is 5.90. The number of hydrogen-bond donors (Lipinski definition) is 1. The van der Waals surface area contributed by atoms with E-state index in [0.29, 0.717) is 37.2 Å². The smallest absolute Gasteiger partial charge is 0.348 e. The first-order valence-corrected chi connectivity index (χ1v) is 11.9. The molecule has 2 aliphatic rings. The van der Waals surface area contributed by atoms with E-state index in [0.717, 1.165) is 6.07 Å². The van der Waals surface area contributed by atoms with Gasteiger partial charge in [-0.05, 0) is 48.9 Å². The molecule has 1 amide bonds. The molecule has 0 aliphatic carbocycles. The van der Waals surface area contributed by atoms with Crippen molar-refractivity contribution in [3.05, 3.63) is 64.4 Å². The van der Waals surface area contributed by atoms with Crippen LogP contribution in [0.5, 0.6) is 0 Å². The fraction of sp³-hybridized carbons (Fsp3) is 0.381. The van der Waals surface area contributed by atoms with Crippen LogP contribution < -0.4 is 5.32 Å². The number of amides is 1. The molecule has 0 unspecified atom stereocenters. The average molecular weight is 506 g/mol. The maximum absolute atomic E-state index is 13.1. The fourth-order valence-electron chi connectivity index (χ4n) is 4.23. The Bertz CT molecular complexity index is 1160. The van der Waals surface area contributed by atoms with Crippen molar-refractivity contribution in [2.75, 3.05) is 26.2 Å². The molecule has 2 aliphatic heterocycles. The first-order chi connectivity index (χ1) is 15.4. The Labute approximate surface area is 193 Å². The van der Waals surface area contributed by atoms with Crippen LogP contribution in [0.3, 0.4) is 0 Å². The molecule has 6 nitrogen and oxygen atoms in total. The molecule has 0 bridgehead atoms. The minimum absolute atomic E-state index is 0.128. The average Bonchev–Trinajstić information content (AvgIpc) is 3.14. The lowest BCUT2D eigenvalue weighted by molar-refractivity contribution is -0.137. The minimum Gasteiger partial charge on any atom is -0.348 e. The molecule has 33 heavy (non-hydrogen) atoms. The van der Waals surface area contributed by atoms with Crippen molar-refractivity contribution in [1.29, 1.82) is 0 Å². The van der Waals surface area contributed by atoms with E-state index in [9.17, 15) is 30.8 Å². The van der Waals surface area contributed by atoms with Gasteiger partial charge in [0.25, 0.3) is 5.91 Å². The molecule has 4 rings (SSSR count). The van der Waals surface area contributed by atoms with Crippen LogP contribution in [0.2, 0.25) is 5.02 Å². The normalized spacial score (nSPS) is 22.2. The molecule has 2 fully saturated rings. The number of benzene rings is 2. The molecule has 0 spiro atoms. The summed E-state index contributed by atoms with van der Waals surface area (Å²) >= 11 is 5.91. The first kappa shape index (κ1) is 23.9. The van der Waals surface area contributed by atoms with E-state index in [1.54, 1.807) is 0 Å². The van der Waals surface area contributed by atoms with Crippen molar-refractivity contribution >= 4 is 27.5 Å². The highest BCUT2D eigenvalue weighted by atomic mass is 35.5. The van der Waals surface area contributed by atoms with Crippen LogP contribution in [0.1, 0.15) is 22.3 Å². The van der Waals surface area contributed by atoms with E-state index in [-0.39, 0.29) is 36.0 Å². The zero-order chi connectivity index (χ0) is 24.0. The molecule has 2 saturated heterocycles. The maximum Gasteiger partial charge on any atom is 0.416 e. The highest BCUT2D eigenvalue weighted by Crippen LogP contribution is 2.35. The standard InChI is InChI=1S/C21H20ClF4N3O3S/c22-18-9-14(21(24,25)26)3-6-19(18)33(31,32)29-8-7-28-11-16(10-17(28)12-29)27-20(30)13-1-4-15(23)5-2-13/h1-6,9,16-17H,7-8,10-12H2,(H,27,30)/t16-,17-/m0/s1. The summed E-state index contributed by atoms with van der Waals surface area (Å²) in [7, 11) is -4.10. The van der Waals surface area contributed by atoms with Gasteiger partial charge in [-0.1, -0.05) is 11.6 Å². The van der Waals surface area contributed by atoms with Gasteiger partial charge in [-0.2, -0.15) is 17.5 Å². The molecule has 1 N–H and O–H groups in total. The Morgan fingerprint density at radius 3 is 2.39 bits per heavy atom. The second-order valence-corrected chi connectivity index (χ2v) is 10.4. The van der Waals surface area contributed by atoms with Crippen LogP contribution in [-0.4, -0.2) is 61.8 Å². The van der Waals surface area contributed by atoms with Crippen LogP contribution in [0, 0.1) is 5.82 Å². The Morgan fingerprint density at radius 2 is 1.76 bits per heavy atom. The summed E-state index contributed by atoms with van der Waals surface area (Å²) in [6, 6.07) is 6.97. The molecule has 0 radical (unpaired) electrons. The SMILES string of the molecule is O=C(N[C@H]1C[C@H]2CN(S(=O)(=O)c3ccc(C(F)(F)F)cc3Cl)CCN2C1)c1ccc(F)cc1. The molecule has 0 aromatic heterocycles. The van der Waals surface area contributed by atoms with Gasteiger partial charge in [0, 0.05) is 43.8 Å². The molecule has 2 aromatic carbocycles. The van der Waals surface area contributed by atoms with Gasteiger partial charge in [-0.25, -0.2) is 12.8 Å². The van der Waals surface area contributed by atoms with Crippen molar-refractivity contribution in [1.82, 2.24) is 14.5 Å². The van der Waals surface area contributed by atoms with E-state index >= 15 is 0 Å². The van der Waals surface area contributed by atoms with E-state index in [4.69, 9.17) is 11.6 Å². The van der Waals surface area contributed by atoms with Gasteiger partial charge < -0.3 is 5.32 Å². The number of carbonyl (C=O) groups excluding carboxylic acids is 1. The van der Waals surface area contributed by atoms with Crippen LogP contribution in [0.15, 0.2) is 47.4 Å². The van der Waals surface area contributed by atoms with Crippen molar-refractivity contribution in [3.8, 4) is 0 Å². The maximum atomic E-state index is 13.1. The number of halogens is 5. The zero-order valence-electron chi connectivity index (χ0n) is 17.1. The summed E-state index contributed by atoms with van der Waals surface area (Å²) in [4.78, 5) is 14.1. The van der Waals surface area contributed by atoms with E-state index in [1.165, 1.54) is 28.6 Å². The number of nitrogens with one attached hydrogen (secondary N) is 1.